The van der Waals surface area contributed by atoms with E-state index in [-0.39, 0.29) is 5.91 Å². The highest BCUT2D eigenvalue weighted by Crippen LogP contribution is 2.28. The van der Waals surface area contributed by atoms with Crippen LogP contribution in [0, 0.1) is 5.92 Å². The summed E-state index contributed by atoms with van der Waals surface area (Å²) in [5.41, 5.74) is 1.26. The predicted octanol–water partition coefficient (Wildman–Crippen LogP) is 2.42. The molecule has 5 heteroatoms. The Morgan fingerprint density at radius 1 is 1.38 bits per heavy atom. The molecule has 5 nitrogen and oxygen atoms in total. The molecule has 2 atom stereocenters. The largest absolute Gasteiger partial charge is 0.357 e. The summed E-state index contributed by atoms with van der Waals surface area (Å²) in [4.78, 5) is 21.0. The Labute approximate surface area is 145 Å². The number of aromatic nitrogens is 1. The summed E-state index contributed by atoms with van der Waals surface area (Å²) in [6, 6.07) is 5.29. The smallest absolute Gasteiger partial charge is 0.220 e. The maximum atomic E-state index is 11.6. The molecule has 2 fully saturated rings. The summed E-state index contributed by atoms with van der Waals surface area (Å²) in [5, 5.41) is 3.00. The molecule has 1 N–H and O–H groups in total. The van der Waals surface area contributed by atoms with Gasteiger partial charge in [0.05, 0.1) is 0 Å². The number of piperidine rings is 1. The monoisotopic (exact) mass is 330 g/mol. The Balaban J connectivity index is 1.65. The number of hydrogen-bond acceptors (Lipinski definition) is 4. The summed E-state index contributed by atoms with van der Waals surface area (Å²) in [6.45, 7) is 7.25. The summed E-state index contributed by atoms with van der Waals surface area (Å²) >= 11 is 0. The molecule has 1 aromatic rings. The highest BCUT2D eigenvalue weighted by Gasteiger charge is 2.34. The molecule has 0 aromatic carbocycles. The number of nitrogens with one attached hydrogen (secondary N) is 1. The lowest BCUT2D eigenvalue weighted by atomic mass is 9.89. The molecule has 24 heavy (non-hydrogen) atoms. The predicted molar refractivity (Wildman–Crippen MR) is 96.9 cm³/mol. The van der Waals surface area contributed by atoms with Gasteiger partial charge in [-0.1, -0.05) is 12.5 Å². The van der Waals surface area contributed by atoms with E-state index in [4.69, 9.17) is 0 Å². The van der Waals surface area contributed by atoms with Gasteiger partial charge in [0.15, 0.2) is 0 Å². The maximum absolute atomic E-state index is 11.6. The Morgan fingerprint density at radius 3 is 2.83 bits per heavy atom. The van der Waals surface area contributed by atoms with Crippen LogP contribution in [0.15, 0.2) is 18.3 Å². The summed E-state index contributed by atoms with van der Waals surface area (Å²) in [6.07, 6.45) is 6.45. The zero-order valence-corrected chi connectivity index (χ0v) is 15.2. The molecular weight excluding hydrogens is 300 g/mol. The molecule has 2 aliphatic heterocycles. The van der Waals surface area contributed by atoms with Crippen molar-refractivity contribution in [3.8, 4) is 0 Å². The van der Waals surface area contributed by atoms with Gasteiger partial charge in [-0.3, -0.25) is 9.69 Å². The fourth-order valence-corrected chi connectivity index (χ4v) is 3.86. The van der Waals surface area contributed by atoms with Crippen LogP contribution in [-0.4, -0.2) is 48.0 Å². The normalized spacial score (nSPS) is 25.1. The minimum absolute atomic E-state index is 0.216. The van der Waals surface area contributed by atoms with Gasteiger partial charge in [-0.25, -0.2) is 4.98 Å². The first-order chi connectivity index (χ1) is 11.5. The van der Waals surface area contributed by atoms with E-state index in [9.17, 15) is 4.79 Å². The van der Waals surface area contributed by atoms with Crippen LogP contribution in [0.4, 0.5) is 5.82 Å². The van der Waals surface area contributed by atoms with E-state index in [2.05, 4.69) is 53.1 Å². The van der Waals surface area contributed by atoms with Crippen molar-refractivity contribution in [3.05, 3.63) is 23.9 Å². The zero-order valence-electron chi connectivity index (χ0n) is 15.2. The number of amides is 1. The van der Waals surface area contributed by atoms with Gasteiger partial charge in [0, 0.05) is 50.8 Å². The van der Waals surface area contributed by atoms with E-state index in [0.29, 0.717) is 24.4 Å². The Kier molecular flexibility index (Phi) is 5.39. The lowest BCUT2D eigenvalue weighted by Gasteiger charge is -2.38. The molecule has 0 bridgehead atoms. The molecule has 0 unspecified atom stereocenters. The van der Waals surface area contributed by atoms with Gasteiger partial charge in [0.25, 0.3) is 0 Å². The molecule has 0 aliphatic carbocycles. The van der Waals surface area contributed by atoms with Crippen LogP contribution in [0.1, 0.15) is 45.1 Å². The van der Waals surface area contributed by atoms with Crippen molar-refractivity contribution in [2.75, 3.05) is 25.0 Å². The van der Waals surface area contributed by atoms with Gasteiger partial charge < -0.3 is 10.2 Å². The third-order valence-corrected chi connectivity index (χ3v) is 5.55. The topological polar surface area (TPSA) is 48.5 Å². The minimum Gasteiger partial charge on any atom is -0.357 e. The third kappa shape index (κ3) is 3.89. The Bertz CT molecular complexity index is 557. The third-order valence-electron chi connectivity index (χ3n) is 5.55. The maximum Gasteiger partial charge on any atom is 0.220 e. The molecule has 0 spiro atoms. The molecule has 1 amide bonds. The van der Waals surface area contributed by atoms with Crippen LogP contribution in [0.25, 0.3) is 0 Å². The van der Waals surface area contributed by atoms with E-state index in [0.717, 1.165) is 25.5 Å². The highest BCUT2D eigenvalue weighted by molar-refractivity contribution is 5.78. The first-order valence-electron chi connectivity index (χ1n) is 9.23. The van der Waals surface area contributed by atoms with Crippen molar-refractivity contribution in [2.45, 2.75) is 58.2 Å². The quantitative estimate of drug-likeness (QED) is 0.901. The van der Waals surface area contributed by atoms with Crippen LogP contribution in [0.5, 0.6) is 0 Å². The van der Waals surface area contributed by atoms with Gasteiger partial charge in [0.2, 0.25) is 5.91 Å². The first kappa shape index (κ1) is 17.2. The number of carbonyl (C=O) groups excluding carboxylic acids is 1. The van der Waals surface area contributed by atoms with Gasteiger partial charge in [-0.2, -0.15) is 0 Å². The second-order valence-electron chi connectivity index (χ2n) is 7.53. The van der Waals surface area contributed by atoms with E-state index < -0.39 is 0 Å². The average molecular weight is 330 g/mol. The molecule has 3 heterocycles. The number of nitrogens with zero attached hydrogens (tertiary/aromatic N) is 3. The van der Waals surface area contributed by atoms with Crippen molar-refractivity contribution in [2.24, 2.45) is 5.92 Å². The summed E-state index contributed by atoms with van der Waals surface area (Å²) < 4.78 is 0. The van der Waals surface area contributed by atoms with E-state index in [1.807, 2.05) is 6.20 Å². The van der Waals surface area contributed by atoms with Crippen LogP contribution >= 0.6 is 0 Å². The first-order valence-corrected chi connectivity index (χ1v) is 9.23. The number of rotatable bonds is 5. The zero-order chi connectivity index (χ0) is 17.1. The summed E-state index contributed by atoms with van der Waals surface area (Å²) in [7, 11) is 2.08. The SMILES string of the molecule is CC(C)N(C)c1ccc(CN2CCCC[C@@H]2[C@H]2CNC(=O)C2)cn1. The number of anilines is 1. The van der Waals surface area contributed by atoms with Crippen LogP contribution < -0.4 is 10.2 Å². The summed E-state index contributed by atoms with van der Waals surface area (Å²) in [5.74, 6) is 1.71. The second-order valence-corrected chi connectivity index (χ2v) is 7.53. The molecule has 2 saturated heterocycles. The van der Waals surface area contributed by atoms with E-state index >= 15 is 0 Å². The fraction of sp³-hybridized carbons (Fsp3) is 0.684. The lowest BCUT2D eigenvalue weighted by molar-refractivity contribution is -0.119. The van der Waals surface area contributed by atoms with E-state index in [1.165, 1.54) is 24.8 Å². The van der Waals surface area contributed by atoms with Crippen LogP contribution in [0.2, 0.25) is 0 Å². The van der Waals surface area contributed by atoms with Crippen LogP contribution in [0.3, 0.4) is 0 Å². The molecule has 1 aromatic heterocycles. The number of carbonyl (C=O) groups is 1. The Hall–Kier alpha value is -1.62. The molecule has 3 rings (SSSR count). The Morgan fingerprint density at radius 2 is 2.21 bits per heavy atom. The fourth-order valence-electron chi connectivity index (χ4n) is 3.86. The number of hydrogen-bond donors (Lipinski definition) is 1. The van der Waals surface area contributed by atoms with Crippen molar-refractivity contribution < 1.29 is 4.79 Å². The van der Waals surface area contributed by atoms with Gasteiger partial charge in [-0.05, 0) is 44.9 Å². The molecule has 2 aliphatic rings. The molecule has 132 valence electrons. The van der Waals surface area contributed by atoms with E-state index in [1.54, 1.807) is 0 Å². The van der Waals surface area contributed by atoms with Gasteiger partial charge >= 0.3 is 0 Å². The lowest BCUT2D eigenvalue weighted by Crippen LogP contribution is -2.44. The number of pyridine rings is 1. The van der Waals surface area contributed by atoms with Gasteiger partial charge in [0.1, 0.15) is 5.82 Å². The average Bonchev–Trinajstić information content (AvgIpc) is 3.01. The van der Waals surface area contributed by atoms with Crippen molar-refractivity contribution >= 4 is 11.7 Å². The van der Waals surface area contributed by atoms with Crippen molar-refractivity contribution in [1.82, 2.24) is 15.2 Å². The van der Waals surface area contributed by atoms with Crippen LogP contribution in [-0.2, 0) is 11.3 Å². The van der Waals surface area contributed by atoms with Crippen molar-refractivity contribution in [3.63, 3.8) is 0 Å². The molecular formula is C19H30N4O. The standard InChI is InChI=1S/C19H30N4O/c1-14(2)22(3)18-8-7-15(11-20-18)13-23-9-5-4-6-17(23)16-10-19(24)21-12-16/h7-8,11,14,16-17H,4-6,9-10,12-13H2,1-3H3,(H,21,24)/t16-,17-/m1/s1. The van der Waals surface area contributed by atoms with Crippen molar-refractivity contribution in [1.29, 1.82) is 0 Å². The highest BCUT2D eigenvalue weighted by atomic mass is 16.1. The number of likely N-dealkylation sites (tertiary alicyclic amines) is 1. The minimum atomic E-state index is 0.216. The van der Waals surface area contributed by atoms with Gasteiger partial charge in [-0.15, -0.1) is 0 Å². The molecule has 0 saturated carbocycles. The second kappa shape index (κ2) is 7.51. The molecule has 0 radical (unpaired) electrons.